The topological polar surface area (TPSA) is 98.2 Å². The van der Waals surface area contributed by atoms with Crippen LogP contribution in [0.15, 0.2) is 41.5 Å². The van der Waals surface area contributed by atoms with Crippen LogP contribution in [0.3, 0.4) is 0 Å². The molecule has 0 aliphatic rings. The van der Waals surface area contributed by atoms with Crippen molar-refractivity contribution < 1.29 is 23.8 Å². The van der Waals surface area contributed by atoms with Crippen LogP contribution < -0.4 is 25.0 Å². The lowest BCUT2D eigenvalue weighted by atomic mass is 10.0. The SMILES string of the molecule is C#CCOc1c(/C=N\NC(=O)[C@@H](CC(C)C)NC(=O)[C@H](C)Oc2ccc(Cl)cc2Cl)cccc1OC. The minimum absolute atomic E-state index is 0.0392. The van der Waals surface area contributed by atoms with Gasteiger partial charge in [0.2, 0.25) is 0 Å². The molecule has 0 heterocycles. The van der Waals surface area contributed by atoms with Crippen molar-refractivity contribution in [3.8, 4) is 29.6 Å². The molecule has 0 aliphatic heterocycles. The van der Waals surface area contributed by atoms with Gasteiger partial charge in [-0.3, -0.25) is 9.59 Å². The Labute approximate surface area is 221 Å². The zero-order valence-electron chi connectivity index (χ0n) is 20.5. The molecule has 0 bridgehead atoms. The molecule has 0 saturated carbocycles. The normalized spacial score (nSPS) is 12.5. The molecule has 2 aromatic rings. The highest BCUT2D eigenvalue weighted by molar-refractivity contribution is 6.35. The number of benzene rings is 2. The quantitative estimate of drug-likeness (QED) is 0.238. The van der Waals surface area contributed by atoms with Crippen LogP contribution in [-0.2, 0) is 9.59 Å². The minimum Gasteiger partial charge on any atom is -0.493 e. The Bertz CT molecular complexity index is 1130. The first kappa shape index (κ1) is 28.8. The van der Waals surface area contributed by atoms with E-state index in [0.29, 0.717) is 34.3 Å². The lowest BCUT2D eigenvalue weighted by molar-refractivity contribution is -0.132. The van der Waals surface area contributed by atoms with Gasteiger partial charge in [0.05, 0.1) is 18.3 Å². The maximum absolute atomic E-state index is 12.9. The fourth-order valence-electron chi connectivity index (χ4n) is 3.11. The number of hydrogen-bond acceptors (Lipinski definition) is 6. The van der Waals surface area contributed by atoms with Gasteiger partial charge in [-0.2, -0.15) is 5.10 Å². The highest BCUT2D eigenvalue weighted by Gasteiger charge is 2.25. The van der Waals surface area contributed by atoms with E-state index in [1.165, 1.54) is 19.4 Å². The first-order valence-corrected chi connectivity index (χ1v) is 11.9. The fourth-order valence-corrected chi connectivity index (χ4v) is 3.57. The smallest absolute Gasteiger partial charge is 0.262 e. The Hall–Kier alpha value is -3.41. The number of para-hydroxylation sites is 1. The van der Waals surface area contributed by atoms with Crippen LogP contribution in [0.5, 0.6) is 17.2 Å². The molecule has 0 aliphatic carbocycles. The van der Waals surface area contributed by atoms with Crippen LogP contribution in [0.1, 0.15) is 32.8 Å². The number of hydrazone groups is 1. The van der Waals surface area contributed by atoms with E-state index in [0.717, 1.165) is 0 Å². The molecule has 0 fully saturated rings. The van der Waals surface area contributed by atoms with Crippen molar-refractivity contribution in [3.05, 3.63) is 52.0 Å². The van der Waals surface area contributed by atoms with Crippen molar-refractivity contribution in [2.45, 2.75) is 39.3 Å². The Kier molecular flexibility index (Phi) is 11.4. The molecular formula is C26H29Cl2N3O5. The molecule has 2 N–H and O–H groups in total. The summed E-state index contributed by atoms with van der Waals surface area (Å²) in [6.07, 6.45) is 6.17. The summed E-state index contributed by atoms with van der Waals surface area (Å²) >= 11 is 12.0. The van der Waals surface area contributed by atoms with Gasteiger partial charge in [0.1, 0.15) is 18.4 Å². The molecular weight excluding hydrogens is 505 g/mol. The maximum atomic E-state index is 12.9. The fraction of sp³-hybridized carbons (Fsp3) is 0.346. The first-order chi connectivity index (χ1) is 17.2. The largest absolute Gasteiger partial charge is 0.493 e. The standard InChI is InChI=1S/C26H29Cl2N3O5/c1-6-12-35-24-18(8-7-9-23(24)34-5)15-29-31-26(33)21(13-16(2)3)30-25(32)17(4)36-22-11-10-19(27)14-20(22)28/h1,7-11,14-17,21H,12-13H2,2-5H3,(H,30,32)(H,31,33)/b29-15-/t17-,21+/m0/s1. The molecule has 0 unspecified atom stereocenters. The molecule has 8 nitrogen and oxygen atoms in total. The van der Waals surface area contributed by atoms with Crippen molar-refractivity contribution in [1.82, 2.24) is 10.7 Å². The van der Waals surface area contributed by atoms with E-state index in [1.807, 2.05) is 13.8 Å². The summed E-state index contributed by atoms with van der Waals surface area (Å²) in [6, 6.07) is 9.05. The zero-order chi connectivity index (χ0) is 26.7. The number of halogens is 2. The predicted molar refractivity (Wildman–Crippen MR) is 141 cm³/mol. The molecule has 2 amide bonds. The van der Waals surface area contributed by atoms with Crippen molar-refractivity contribution in [2.75, 3.05) is 13.7 Å². The number of rotatable bonds is 12. The van der Waals surface area contributed by atoms with Crippen molar-refractivity contribution >= 4 is 41.2 Å². The molecule has 0 aromatic heterocycles. The average molecular weight is 534 g/mol. The van der Waals surface area contributed by atoms with E-state index >= 15 is 0 Å². The second-order valence-corrected chi connectivity index (χ2v) is 8.97. The van der Waals surface area contributed by atoms with E-state index in [9.17, 15) is 9.59 Å². The maximum Gasteiger partial charge on any atom is 0.262 e. The number of carbonyl (C=O) groups excluding carboxylic acids is 2. The summed E-state index contributed by atoms with van der Waals surface area (Å²) in [4.78, 5) is 25.6. The molecule has 10 heteroatoms. The molecule has 2 aromatic carbocycles. The number of methoxy groups -OCH3 is 1. The summed E-state index contributed by atoms with van der Waals surface area (Å²) in [5.74, 6) is 2.72. The van der Waals surface area contributed by atoms with Crippen LogP contribution in [0.2, 0.25) is 10.0 Å². The Morgan fingerprint density at radius 3 is 2.53 bits per heavy atom. The Morgan fingerprint density at radius 1 is 1.14 bits per heavy atom. The third-order valence-corrected chi connectivity index (χ3v) is 5.34. The lowest BCUT2D eigenvalue weighted by Gasteiger charge is -2.22. The van der Waals surface area contributed by atoms with E-state index in [4.69, 9.17) is 43.8 Å². The molecule has 0 spiro atoms. The molecule has 192 valence electrons. The van der Waals surface area contributed by atoms with Gasteiger partial charge in [-0.15, -0.1) is 6.42 Å². The number of nitrogens with zero attached hydrogens (tertiary/aromatic N) is 1. The van der Waals surface area contributed by atoms with Crippen LogP contribution >= 0.6 is 23.2 Å². The summed E-state index contributed by atoms with van der Waals surface area (Å²) in [6.45, 7) is 5.48. The van der Waals surface area contributed by atoms with Crippen LogP contribution in [-0.4, -0.2) is 43.9 Å². The van der Waals surface area contributed by atoms with Gasteiger partial charge < -0.3 is 19.5 Å². The number of nitrogens with one attached hydrogen (secondary N) is 2. The van der Waals surface area contributed by atoms with E-state index in [2.05, 4.69) is 21.8 Å². The van der Waals surface area contributed by atoms with E-state index in [1.54, 1.807) is 37.3 Å². The Morgan fingerprint density at radius 2 is 1.89 bits per heavy atom. The molecule has 2 atom stereocenters. The van der Waals surface area contributed by atoms with Crippen LogP contribution in [0, 0.1) is 18.3 Å². The summed E-state index contributed by atoms with van der Waals surface area (Å²) in [5.41, 5.74) is 3.02. The molecule has 0 saturated heterocycles. The number of terminal acetylenes is 1. The summed E-state index contributed by atoms with van der Waals surface area (Å²) in [7, 11) is 1.51. The number of hydrogen-bond donors (Lipinski definition) is 2. The minimum atomic E-state index is -0.915. The molecule has 2 rings (SSSR count). The third-order valence-electron chi connectivity index (χ3n) is 4.81. The number of carbonyl (C=O) groups is 2. The number of amides is 2. The van der Waals surface area contributed by atoms with E-state index < -0.39 is 24.0 Å². The second kappa shape index (κ2) is 14.2. The monoisotopic (exact) mass is 533 g/mol. The van der Waals surface area contributed by atoms with Crippen molar-refractivity contribution in [1.29, 1.82) is 0 Å². The Balaban J connectivity index is 2.08. The molecule has 36 heavy (non-hydrogen) atoms. The first-order valence-electron chi connectivity index (χ1n) is 11.1. The average Bonchev–Trinajstić information content (AvgIpc) is 2.83. The second-order valence-electron chi connectivity index (χ2n) is 8.13. The lowest BCUT2D eigenvalue weighted by Crippen LogP contribution is -2.49. The van der Waals surface area contributed by atoms with Gasteiger partial charge in [0.15, 0.2) is 17.6 Å². The van der Waals surface area contributed by atoms with Crippen molar-refractivity contribution in [2.24, 2.45) is 11.0 Å². The predicted octanol–water partition coefficient (Wildman–Crippen LogP) is 4.46. The number of ether oxygens (including phenoxy) is 3. The van der Waals surface area contributed by atoms with Gasteiger partial charge in [-0.25, -0.2) is 5.43 Å². The van der Waals surface area contributed by atoms with Crippen LogP contribution in [0.4, 0.5) is 0 Å². The highest BCUT2D eigenvalue weighted by Crippen LogP contribution is 2.30. The van der Waals surface area contributed by atoms with Crippen molar-refractivity contribution in [3.63, 3.8) is 0 Å². The van der Waals surface area contributed by atoms with Gasteiger partial charge >= 0.3 is 0 Å². The third kappa shape index (κ3) is 8.67. The van der Waals surface area contributed by atoms with Gasteiger partial charge in [0.25, 0.3) is 11.8 Å². The zero-order valence-corrected chi connectivity index (χ0v) is 22.0. The molecule has 0 radical (unpaired) electrons. The van der Waals surface area contributed by atoms with Gasteiger partial charge in [-0.05, 0) is 49.6 Å². The summed E-state index contributed by atoms with van der Waals surface area (Å²) in [5, 5.41) is 7.47. The highest BCUT2D eigenvalue weighted by atomic mass is 35.5. The summed E-state index contributed by atoms with van der Waals surface area (Å²) < 4.78 is 16.5. The van der Waals surface area contributed by atoms with Gasteiger partial charge in [0, 0.05) is 10.6 Å². The van der Waals surface area contributed by atoms with E-state index in [-0.39, 0.29) is 17.5 Å². The van der Waals surface area contributed by atoms with Gasteiger partial charge in [-0.1, -0.05) is 49.0 Å². The van der Waals surface area contributed by atoms with Crippen LogP contribution in [0.25, 0.3) is 0 Å².